The topological polar surface area (TPSA) is 92.5 Å². The molecule has 0 atom stereocenters. The molecule has 0 saturated carbocycles. The van der Waals surface area contributed by atoms with Crippen molar-refractivity contribution in [3.63, 3.8) is 0 Å². The van der Waals surface area contributed by atoms with Gasteiger partial charge in [-0.3, -0.25) is 9.52 Å². The highest BCUT2D eigenvalue weighted by molar-refractivity contribution is 7.92. The number of hydrogen-bond acceptors (Lipinski definition) is 4. The van der Waals surface area contributed by atoms with Crippen LogP contribution in [0.1, 0.15) is 37.6 Å². The number of benzene rings is 1. The number of para-hydroxylation sites is 1. The summed E-state index contributed by atoms with van der Waals surface area (Å²) in [5, 5.41) is 0. The molecule has 0 bridgehead atoms. The summed E-state index contributed by atoms with van der Waals surface area (Å²) in [6.45, 7) is 6.69. The van der Waals surface area contributed by atoms with E-state index in [0.29, 0.717) is 30.8 Å². The van der Waals surface area contributed by atoms with Crippen molar-refractivity contribution in [3.05, 3.63) is 29.8 Å². The zero-order valence-electron chi connectivity index (χ0n) is 14.3. The average Bonchev–Trinajstić information content (AvgIpc) is 2.46. The van der Waals surface area contributed by atoms with Crippen molar-refractivity contribution in [3.8, 4) is 0 Å². The van der Waals surface area contributed by atoms with Crippen LogP contribution in [0, 0.1) is 5.41 Å². The van der Waals surface area contributed by atoms with Crippen LogP contribution in [0.3, 0.4) is 0 Å². The van der Waals surface area contributed by atoms with E-state index in [0.717, 1.165) is 0 Å². The molecule has 6 nitrogen and oxygen atoms in total. The molecule has 0 aliphatic rings. The van der Waals surface area contributed by atoms with Crippen molar-refractivity contribution in [1.82, 2.24) is 4.90 Å². The first-order valence-corrected chi connectivity index (χ1v) is 9.32. The molecule has 0 aromatic heterocycles. The first kappa shape index (κ1) is 19.4. The van der Waals surface area contributed by atoms with Crippen LogP contribution in [0.15, 0.2) is 24.3 Å². The molecule has 0 spiro atoms. The molecule has 1 aromatic rings. The number of rotatable bonds is 8. The fourth-order valence-corrected chi connectivity index (χ4v) is 3.38. The molecule has 0 heterocycles. The zero-order chi connectivity index (χ0) is 17.7. The fraction of sp³-hybridized carbons (Fsp3) is 0.562. The Kier molecular flexibility index (Phi) is 6.58. The lowest BCUT2D eigenvalue weighted by atomic mass is 9.93. The van der Waals surface area contributed by atoms with Gasteiger partial charge in [0.15, 0.2) is 0 Å². The number of carbonyl (C=O) groups is 1. The molecule has 0 unspecified atom stereocenters. The second-order valence-electron chi connectivity index (χ2n) is 6.50. The summed E-state index contributed by atoms with van der Waals surface area (Å²) in [6, 6.07) is 6.64. The molecule has 0 saturated heterocycles. The number of nitrogens with one attached hydrogen (secondary N) is 1. The van der Waals surface area contributed by atoms with Crippen LogP contribution in [-0.2, 0) is 10.0 Å². The van der Waals surface area contributed by atoms with Crippen LogP contribution in [-0.4, -0.2) is 45.1 Å². The van der Waals surface area contributed by atoms with Gasteiger partial charge >= 0.3 is 0 Å². The van der Waals surface area contributed by atoms with Crippen molar-refractivity contribution in [2.24, 2.45) is 11.1 Å². The van der Waals surface area contributed by atoms with Gasteiger partial charge in [0.2, 0.25) is 10.0 Å². The van der Waals surface area contributed by atoms with E-state index in [1.165, 1.54) is 0 Å². The lowest BCUT2D eigenvalue weighted by Gasteiger charge is -2.29. The SMILES string of the molecule is CCCS(=O)(=O)Nc1ccccc1C(=O)N(C)CC(C)(C)CN. The largest absolute Gasteiger partial charge is 0.341 e. The Hall–Kier alpha value is -1.60. The van der Waals surface area contributed by atoms with Crippen LogP contribution < -0.4 is 10.5 Å². The molecule has 0 fully saturated rings. The molecule has 3 N–H and O–H groups in total. The van der Waals surface area contributed by atoms with Gasteiger partial charge in [0.1, 0.15) is 0 Å². The average molecular weight is 341 g/mol. The molecule has 23 heavy (non-hydrogen) atoms. The lowest BCUT2D eigenvalue weighted by Crippen LogP contribution is -2.40. The van der Waals surface area contributed by atoms with Gasteiger partial charge in [0.25, 0.3) is 5.91 Å². The maximum absolute atomic E-state index is 12.7. The number of anilines is 1. The van der Waals surface area contributed by atoms with Crippen LogP contribution in [0.4, 0.5) is 5.69 Å². The number of sulfonamides is 1. The van der Waals surface area contributed by atoms with Gasteiger partial charge in [-0.05, 0) is 30.5 Å². The van der Waals surface area contributed by atoms with Crippen LogP contribution in [0.2, 0.25) is 0 Å². The summed E-state index contributed by atoms with van der Waals surface area (Å²) in [7, 11) is -1.76. The van der Waals surface area contributed by atoms with Gasteiger partial charge in [-0.25, -0.2) is 8.42 Å². The van der Waals surface area contributed by atoms with Crippen molar-refractivity contribution in [2.45, 2.75) is 27.2 Å². The van der Waals surface area contributed by atoms with Crippen LogP contribution >= 0.6 is 0 Å². The number of amides is 1. The van der Waals surface area contributed by atoms with Crippen LogP contribution in [0.5, 0.6) is 0 Å². The second kappa shape index (κ2) is 7.79. The van der Waals surface area contributed by atoms with E-state index in [-0.39, 0.29) is 17.1 Å². The number of hydrogen-bond donors (Lipinski definition) is 2. The molecule has 0 radical (unpaired) electrons. The normalized spacial score (nSPS) is 12.0. The molecular weight excluding hydrogens is 314 g/mol. The minimum Gasteiger partial charge on any atom is -0.341 e. The highest BCUT2D eigenvalue weighted by Crippen LogP contribution is 2.21. The van der Waals surface area contributed by atoms with Crippen molar-refractivity contribution in [2.75, 3.05) is 30.6 Å². The molecule has 1 rings (SSSR count). The van der Waals surface area contributed by atoms with E-state index >= 15 is 0 Å². The smallest absolute Gasteiger partial charge is 0.255 e. The Labute approximate surface area is 139 Å². The molecule has 1 amide bonds. The van der Waals surface area contributed by atoms with Gasteiger partial charge < -0.3 is 10.6 Å². The van der Waals surface area contributed by atoms with Gasteiger partial charge in [-0.15, -0.1) is 0 Å². The number of nitrogens with zero attached hydrogens (tertiary/aromatic N) is 1. The third kappa shape index (κ3) is 5.84. The molecule has 7 heteroatoms. The maximum Gasteiger partial charge on any atom is 0.255 e. The van der Waals surface area contributed by atoms with E-state index in [1.807, 2.05) is 13.8 Å². The fourth-order valence-electron chi connectivity index (χ4n) is 2.23. The zero-order valence-corrected chi connectivity index (χ0v) is 15.1. The predicted molar refractivity (Wildman–Crippen MR) is 93.9 cm³/mol. The summed E-state index contributed by atoms with van der Waals surface area (Å²) >= 11 is 0. The molecule has 130 valence electrons. The minimum absolute atomic E-state index is 0.0194. The number of carbonyl (C=O) groups excluding carboxylic acids is 1. The van der Waals surface area contributed by atoms with Gasteiger partial charge in [-0.1, -0.05) is 32.9 Å². The number of nitrogens with two attached hydrogens (primary N) is 1. The highest BCUT2D eigenvalue weighted by atomic mass is 32.2. The molecule has 1 aromatic carbocycles. The van der Waals surface area contributed by atoms with E-state index in [1.54, 1.807) is 43.1 Å². The Balaban J connectivity index is 3.02. The standard InChI is InChI=1S/C16H27N3O3S/c1-5-10-23(21,22)18-14-9-7-6-8-13(14)15(20)19(4)12-16(2,3)11-17/h6-9,18H,5,10-12,17H2,1-4H3. The van der Waals surface area contributed by atoms with Gasteiger partial charge in [0, 0.05) is 13.6 Å². The second-order valence-corrected chi connectivity index (χ2v) is 8.34. The Morgan fingerprint density at radius 2 is 1.91 bits per heavy atom. The molecular formula is C16H27N3O3S. The molecule has 0 aliphatic carbocycles. The van der Waals surface area contributed by atoms with E-state index in [4.69, 9.17) is 5.73 Å². The summed E-state index contributed by atoms with van der Waals surface area (Å²) in [5.41, 5.74) is 6.15. The summed E-state index contributed by atoms with van der Waals surface area (Å²) in [4.78, 5) is 14.2. The Morgan fingerprint density at radius 3 is 2.48 bits per heavy atom. The molecule has 0 aliphatic heterocycles. The predicted octanol–water partition coefficient (Wildman–Crippen LogP) is 1.90. The van der Waals surface area contributed by atoms with Crippen molar-refractivity contribution in [1.29, 1.82) is 0 Å². The third-order valence-electron chi connectivity index (χ3n) is 3.46. The van der Waals surface area contributed by atoms with Gasteiger partial charge in [0.05, 0.1) is 17.0 Å². The first-order valence-electron chi connectivity index (χ1n) is 7.67. The third-order valence-corrected chi connectivity index (χ3v) is 4.94. The minimum atomic E-state index is -3.45. The Morgan fingerprint density at radius 1 is 1.30 bits per heavy atom. The maximum atomic E-state index is 12.7. The van der Waals surface area contributed by atoms with E-state index in [2.05, 4.69) is 4.72 Å². The quantitative estimate of drug-likeness (QED) is 0.755. The summed E-state index contributed by atoms with van der Waals surface area (Å²) < 4.78 is 26.4. The monoisotopic (exact) mass is 341 g/mol. The summed E-state index contributed by atoms with van der Waals surface area (Å²) in [5.74, 6) is -0.215. The Bertz CT molecular complexity index is 642. The first-order chi connectivity index (χ1) is 10.6. The highest BCUT2D eigenvalue weighted by Gasteiger charge is 2.24. The van der Waals surface area contributed by atoms with Crippen LogP contribution in [0.25, 0.3) is 0 Å². The van der Waals surface area contributed by atoms with Gasteiger partial charge in [-0.2, -0.15) is 0 Å². The lowest BCUT2D eigenvalue weighted by molar-refractivity contribution is 0.0741. The van der Waals surface area contributed by atoms with Crippen molar-refractivity contribution >= 4 is 21.6 Å². The summed E-state index contributed by atoms with van der Waals surface area (Å²) in [6.07, 6.45) is 0.510. The van der Waals surface area contributed by atoms with Crippen molar-refractivity contribution < 1.29 is 13.2 Å². The van der Waals surface area contributed by atoms with E-state index in [9.17, 15) is 13.2 Å². The van der Waals surface area contributed by atoms with E-state index < -0.39 is 10.0 Å².